The molecule has 1 atom stereocenters. The molecule has 3 aliphatic heterocycles. The highest BCUT2D eigenvalue weighted by molar-refractivity contribution is 5.83. The number of amides is 3. The number of rotatable bonds is 3. The third-order valence-corrected chi connectivity index (χ3v) is 6.70. The summed E-state index contributed by atoms with van der Waals surface area (Å²) in [7, 11) is 0. The van der Waals surface area contributed by atoms with Crippen molar-refractivity contribution in [2.45, 2.75) is 39.2 Å². The van der Waals surface area contributed by atoms with Crippen molar-refractivity contribution >= 4 is 11.9 Å². The molecule has 0 aliphatic carbocycles. The Balaban J connectivity index is 1.43. The first-order chi connectivity index (χ1) is 13.6. The van der Waals surface area contributed by atoms with E-state index in [1.54, 1.807) is 0 Å². The molecule has 0 radical (unpaired) electrons. The second-order valence-corrected chi connectivity index (χ2v) is 8.58. The van der Waals surface area contributed by atoms with Crippen molar-refractivity contribution < 1.29 is 14.3 Å². The molecule has 1 aromatic rings. The summed E-state index contributed by atoms with van der Waals surface area (Å²) in [6, 6.07) is 8.12. The van der Waals surface area contributed by atoms with E-state index in [2.05, 4.69) is 24.4 Å². The maximum atomic E-state index is 13.2. The van der Waals surface area contributed by atoms with Crippen LogP contribution in [-0.4, -0.2) is 61.1 Å². The zero-order valence-corrected chi connectivity index (χ0v) is 16.8. The van der Waals surface area contributed by atoms with Crippen LogP contribution in [0.15, 0.2) is 24.3 Å². The number of hydrogen-bond acceptors (Lipinski definition) is 3. The van der Waals surface area contributed by atoms with Gasteiger partial charge in [-0.1, -0.05) is 29.8 Å². The molecular formula is C22H31N3O3. The first-order valence-electron chi connectivity index (χ1n) is 10.5. The summed E-state index contributed by atoms with van der Waals surface area (Å²) in [6.45, 7) is 6.83. The largest absolute Gasteiger partial charge is 0.381 e. The molecule has 152 valence electrons. The second kappa shape index (κ2) is 8.11. The lowest BCUT2D eigenvalue weighted by molar-refractivity contribution is -0.139. The zero-order chi connectivity index (χ0) is 19.6. The number of carbonyl (C=O) groups excluding carboxylic acids is 2. The Hall–Kier alpha value is -2.08. The van der Waals surface area contributed by atoms with Crippen LogP contribution in [0.4, 0.5) is 4.79 Å². The molecule has 1 N–H and O–H groups in total. The van der Waals surface area contributed by atoms with Gasteiger partial charge < -0.3 is 19.9 Å². The van der Waals surface area contributed by atoms with Gasteiger partial charge in [-0.05, 0) is 38.2 Å². The molecule has 4 rings (SSSR count). The average Bonchev–Trinajstić information content (AvgIpc) is 3.36. The van der Waals surface area contributed by atoms with Crippen molar-refractivity contribution in [1.29, 1.82) is 0 Å². The van der Waals surface area contributed by atoms with Crippen LogP contribution in [0.25, 0.3) is 0 Å². The maximum absolute atomic E-state index is 13.2. The van der Waals surface area contributed by atoms with Crippen LogP contribution >= 0.6 is 0 Å². The van der Waals surface area contributed by atoms with E-state index in [9.17, 15) is 9.59 Å². The Bertz CT molecular complexity index is 706. The van der Waals surface area contributed by atoms with Gasteiger partial charge in [-0.3, -0.25) is 4.79 Å². The van der Waals surface area contributed by atoms with Gasteiger partial charge in [0.05, 0.1) is 5.92 Å². The van der Waals surface area contributed by atoms with Crippen LogP contribution in [0.1, 0.15) is 36.8 Å². The minimum Gasteiger partial charge on any atom is -0.381 e. The molecule has 3 heterocycles. The van der Waals surface area contributed by atoms with Gasteiger partial charge in [0.25, 0.3) is 0 Å². The standard InChI is InChI=1S/C22H31N3O3/c1-17-4-6-18(7-5-17)14-23-21(27)25-15-19(20(26)24-10-2-3-11-24)22(16-25)8-12-28-13-9-22/h4-7,19H,2-3,8-16H2,1H3,(H,23,27). The fourth-order valence-electron chi connectivity index (χ4n) is 4.90. The molecule has 3 fully saturated rings. The lowest BCUT2D eigenvalue weighted by Gasteiger charge is -2.38. The number of urea groups is 1. The first-order valence-corrected chi connectivity index (χ1v) is 10.5. The Labute approximate surface area is 167 Å². The van der Waals surface area contributed by atoms with Crippen LogP contribution < -0.4 is 5.32 Å². The third-order valence-electron chi connectivity index (χ3n) is 6.70. The second-order valence-electron chi connectivity index (χ2n) is 8.58. The summed E-state index contributed by atoms with van der Waals surface area (Å²) in [5, 5.41) is 3.04. The fraction of sp³-hybridized carbons (Fsp3) is 0.636. The van der Waals surface area contributed by atoms with E-state index in [4.69, 9.17) is 4.74 Å². The van der Waals surface area contributed by atoms with Gasteiger partial charge in [0.1, 0.15) is 0 Å². The van der Waals surface area contributed by atoms with Crippen LogP contribution in [0, 0.1) is 18.3 Å². The lowest BCUT2D eigenvalue weighted by atomic mass is 9.71. The SMILES string of the molecule is Cc1ccc(CNC(=O)N2CC(C(=O)N3CCCC3)C3(CCOCC3)C2)cc1. The number of nitrogens with one attached hydrogen (secondary N) is 1. The van der Waals surface area contributed by atoms with Crippen LogP contribution in [0.5, 0.6) is 0 Å². The Kier molecular flexibility index (Phi) is 5.58. The molecule has 28 heavy (non-hydrogen) atoms. The summed E-state index contributed by atoms with van der Waals surface area (Å²) in [5.74, 6) is 0.146. The summed E-state index contributed by atoms with van der Waals surface area (Å²) in [5.41, 5.74) is 2.17. The minimum atomic E-state index is -0.126. The van der Waals surface area contributed by atoms with Gasteiger partial charge in [0.2, 0.25) is 5.91 Å². The summed E-state index contributed by atoms with van der Waals surface area (Å²) in [6.07, 6.45) is 3.91. The van der Waals surface area contributed by atoms with Crippen molar-refractivity contribution in [1.82, 2.24) is 15.1 Å². The number of ether oxygens (including phenoxy) is 1. The van der Waals surface area contributed by atoms with E-state index in [1.807, 2.05) is 21.9 Å². The lowest BCUT2D eigenvalue weighted by Crippen LogP contribution is -2.45. The molecule has 6 nitrogen and oxygen atoms in total. The van der Waals surface area contributed by atoms with E-state index < -0.39 is 0 Å². The molecule has 6 heteroatoms. The number of likely N-dealkylation sites (tertiary alicyclic amines) is 2. The minimum absolute atomic E-state index is 0.0665. The van der Waals surface area contributed by atoms with Crippen LogP contribution in [-0.2, 0) is 16.1 Å². The zero-order valence-electron chi connectivity index (χ0n) is 16.8. The average molecular weight is 386 g/mol. The van der Waals surface area contributed by atoms with Gasteiger partial charge in [0, 0.05) is 51.4 Å². The molecular weight excluding hydrogens is 354 g/mol. The van der Waals surface area contributed by atoms with Gasteiger partial charge in [-0.25, -0.2) is 4.79 Å². The highest BCUT2D eigenvalue weighted by Crippen LogP contribution is 2.45. The van der Waals surface area contributed by atoms with Crippen molar-refractivity contribution in [2.75, 3.05) is 39.4 Å². The number of benzene rings is 1. The third kappa shape index (κ3) is 3.88. The van der Waals surface area contributed by atoms with E-state index in [0.717, 1.165) is 44.3 Å². The van der Waals surface area contributed by atoms with E-state index in [0.29, 0.717) is 32.8 Å². The Morgan fingerprint density at radius 3 is 2.46 bits per heavy atom. The molecule has 3 saturated heterocycles. The highest BCUT2D eigenvalue weighted by atomic mass is 16.5. The number of hydrogen-bond donors (Lipinski definition) is 1. The Morgan fingerprint density at radius 2 is 1.79 bits per heavy atom. The number of aryl methyl sites for hydroxylation is 1. The van der Waals surface area contributed by atoms with Crippen LogP contribution in [0.2, 0.25) is 0 Å². The van der Waals surface area contributed by atoms with Gasteiger partial charge in [0.15, 0.2) is 0 Å². The number of nitrogens with zero attached hydrogens (tertiary/aromatic N) is 2. The van der Waals surface area contributed by atoms with Gasteiger partial charge in [-0.15, -0.1) is 0 Å². The maximum Gasteiger partial charge on any atom is 0.317 e. The van der Waals surface area contributed by atoms with Crippen molar-refractivity contribution in [3.8, 4) is 0 Å². The van der Waals surface area contributed by atoms with Crippen LogP contribution in [0.3, 0.4) is 0 Å². The summed E-state index contributed by atoms with van der Waals surface area (Å²) < 4.78 is 5.58. The molecule has 0 saturated carbocycles. The molecule has 1 spiro atoms. The summed E-state index contributed by atoms with van der Waals surface area (Å²) in [4.78, 5) is 30.0. The molecule has 1 unspecified atom stereocenters. The predicted octanol–water partition coefficient (Wildman–Crippen LogP) is 2.56. The number of carbonyl (C=O) groups is 2. The van der Waals surface area contributed by atoms with Gasteiger partial charge >= 0.3 is 6.03 Å². The van der Waals surface area contributed by atoms with Crippen molar-refractivity contribution in [3.05, 3.63) is 35.4 Å². The highest BCUT2D eigenvalue weighted by Gasteiger charge is 2.52. The topological polar surface area (TPSA) is 61.9 Å². The van der Waals surface area contributed by atoms with E-state index in [1.165, 1.54) is 5.56 Å². The van der Waals surface area contributed by atoms with E-state index in [-0.39, 0.29) is 23.3 Å². The molecule has 3 aliphatic rings. The quantitative estimate of drug-likeness (QED) is 0.870. The van der Waals surface area contributed by atoms with Crippen molar-refractivity contribution in [2.24, 2.45) is 11.3 Å². The first kappa shape index (κ1) is 19.2. The predicted molar refractivity (Wildman–Crippen MR) is 107 cm³/mol. The summed E-state index contributed by atoms with van der Waals surface area (Å²) >= 11 is 0. The smallest absolute Gasteiger partial charge is 0.317 e. The fourth-order valence-corrected chi connectivity index (χ4v) is 4.90. The molecule has 0 bridgehead atoms. The van der Waals surface area contributed by atoms with E-state index >= 15 is 0 Å². The molecule has 1 aromatic carbocycles. The van der Waals surface area contributed by atoms with Crippen molar-refractivity contribution in [3.63, 3.8) is 0 Å². The molecule has 3 amide bonds. The monoisotopic (exact) mass is 385 g/mol. The normalized spacial score (nSPS) is 24.0. The molecule has 0 aromatic heterocycles. The Morgan fingerprint density at radius 1 is 1.11 bits per heavy atom. The van der Waals surface area contributed by atoms with Gasteiger partial charge in [-0.2, -0.15) is 0 Å².